The van der Waals surface area contributed by atoms with E-state index in [1.54, 1.807) is 0 Å². The third kappa shape index (κ3) is 5.27. The van der Waals surface area contributed by atoms with E-state index < -0.39 is 10.9 Å². The average Bonchev–Trinajstić information content (AvgIpc) is 3.00. The lowest BCUT2D eigenvalue weighted by Crippen LogP contribution is -2.29. The first-order chi connectivity index (χ1) is 11.9. The number of nitrogens with zero attached hydrogens (tertiary/aromatic N) is 4. The quantitative estimate of drug-likeness (QED) is 0.442. The van der Waals surface area contributed by atoms with Gasteiger partial charge in [-0.15, -0.1) is 0 Å². The molecule has 9 heteroatoms. The molecule has 1 heterocycles. The van der Waals surface area contributed by atoms with Crippen molar-refractivity contribution in [1.82, 2.24) is 20.1 Å². The lowest BCUT2D eigenvalue weighted by Gasteiger charge is -2.12. The number of carbonyl (C=O) groups is 1. The van der Waals surface area contributed by atoms with Gasteiger partial charge in [-0.05, 0) is 54.9 Å². The number of nitrogens with one attached hydrogen (secondary N) is 1. The Labute approximate surface area is 145 Å². The molecular weight excluding hydrogens is 326 g/mol. The maximum absolute atomic E-state index is 11.8. The number of ether oxygens (including phenoxy) is 1. The highest BCUT2D eigenvalue weighted by Crippen LogP contribution is 2.23. The number of hydrogen-bond acceptors (Lipinski definition) is 6. The van der Waals surface area contributed by atoms with Crippen molar-refractivity contribution in [2.45, 2.75) is 33.7 Å². The predicted octanol–water partition coefficient (Wildman–Crippen LogP) is 1.70. The van der Waals surface area contributed by atoms with Crippen LogP contribution in [-0.4, -0.2) is 38.7 Å². The van der Waals surface area contributed by atoms with Gasteiger partial charge in [-0.2, -0.15) is 4.68 Å². The van der Waals surface area contributed by atoms with Crippen LogP contribution in [0.4, 0.5) is 5.95 Å². The third-order valence-electron chi connectivity index (χ3n) is 3.66. The molecule has 0 saturated heterocycles. The van der Waals surface area contributed by atoms with Gasteiger partial charge in [0.2, 0.25) is 12.2 Å². The number of rotatable bonds is 8. The third-order valence-corrected chi connectivity index (χ3v) is 3.66. The highest BCUT2D eigenvalue weighted by molar-refractivity contribution is 5.75. The van der Waals surface area contributed by atoms with Gasteiger partial charge >= 0.3 is 5.95 Å². The number of aromatic nitrogens is 3. The van der Waals surface area contributed by atoms with Gasteiger partial charge < -0.3 is 20.2 Å². The Kier molecular flexibility index (Phi) is 6.04. The predicted molar refractivity (Wildman–Crippen MR) is 90.5 cm³/mol. The summed E-state index contributed by atoms with van der Waals surface area (Å²) in [6.07, 6.45) is 1.80. The minimum absolute atomic E-state index is 0.113. The first kappa shape index (κ1) is 18.4. The molecule has 0 saturated carbocycles. The summed E-state index contributed by atoms with van der Waals surface area (Å²) in [5, 5.41) is 16.8. The van der Waals surface area contributed by atoms with E-state index >= 15 is 0 Å². The summed E-state index contributed by atoms with van der Waals surface area (Å²) in [5.41, 5.74) is 3.45. The Bertz CT molecular complexity index is 772. The lowest BCUT2D eigenvalue weighted by atomic mass is 10.1. The largest absolute Gasteiger partial charge is 0.493 e. The van der Waals surface area contributed by atoms with Crippen molar-refractivity contribution in [1.29, 1.82) is 0 Å². The molecule has 9 nitrogen and oxygen atoms in total. The molecule has 1 N–H and O–H groups in total. The first-order valence-corrected chi connectivity index (χ1v) is 7.88. The summed E-state index contributed by atoms with van der Waals surface area (Å²) in [4.78, 5) is 25.0. The van der Waals surface area contributed by atoms with E-state index in [9.17, 15) is 14.9 Å². The standard InChI is InChI=1S/C16H21N5O4/c1-11-7-12(2)13(3)14(8-11)25-6-4-5-17-15(22)9-20-10-18-16(19-20)21(23)24/h7-8,10H,4-6,9H2,1-3H3,(H,17,22). The summed E-state index contributed by atoms with van der Waals surface area (Å²) in [7, 11) is 0. The van der Waals surface area contributed by atoms with Crippen molar-refractivity contribution < 1.29 is 14.5 Å². The summed E-state index contributed by atoms with van der Waals surface area (Å²) in [6, 6.07) is 4.11. The topological polar surface area (TPSA) is 112 Å². The molecule has 1 aromatic heterocycles. The van der Waals surface area contributed by atoms with Crippen LogP contribution in [0.15, 0.2) is 18.5 Å². The van der Waals surface area contributed by atoms with Crippen molar-refractivity contribution >= 4 is 11.9 Å². The molecule has 0 aliphatic rings. The molecule has 134 valence electrons. The number of amides is 1. The van der Waals surface area contributed by atoms with E-state index in [-0.39, 0.29) is 12.5 Å². The normalized spacial score (nSPS) is 10.5. The van der Waals surface area contributed by atoms with Gasteiger partial charge in [-0.1, -0.05) is 11.1 Å². The molecule has 0 aliphatic heterocycles. The minimum atomic E-state index is -0.708. The van der Waals surface area contributed by atoms with Gasteiger partial charge in [-0.25, -0.2) is 0 Å². The zero-order chi connectivity index (χ0) is 18.4. The Morgan fingerprint density at radius 3 is 2.80 bits per heavy atom. The van der Waals surface area contributed by atoms with Crippen LogP contribution in [0.1, 0.15) is 23.1 Å². The van der Waals surface area contributed by atoms with Crippen molar-refractivity contribution in [3.05, 3.63) is 45.3 Å². The molecule has 2 aromatic rings. The van der Waals surface area contributed by atoms with E-state index in [0.717, 1.165) is 27.9 Å². The van der Waals surface area contributed by atoms with Gasteiger partial charge in [0.25, 0.3) is 0 Å². The summed E-state index contributed by atoms with van der Waals surface area (Å²) >= 11 is 0. The number of carbonyl (C=O) groups excluding carboxylic acids is 1. The van der Waals surface area contributed by atoms with E-state index in [2.05, 4.69) is 21.5 Å². The van der Waals surface area contributed by atoms with Crippen molar-refractivity contribution in [2.24, 2.45) is 0 Å². The van der Waals surface area contributed by atoms with Gasteiger partial charge in [0, 0.05) is 11.6 Å². The minimum Gasteiger partial charge on any atom is -0.493 e. The zero-order valence-corrected chi connectivity index (χ0v) is 14.5. The van der Waals surface area contributed by atoms with Crippen molar-refractivity contribution in [2.75, 3.05) is 13.2 Å². The molecule has 1 aromatic carbocycles. The molecule has 0 bridgehead atoms. The highest BCUT2D eigenvalue weighted by Gasteiger charge is 2.14. The second kappa shape index (κ2) is 8.22. The van der Waals surface area contributed by atoms with Crippen LogP contribution in [0.25, 0.3) is 0 Å². The molecule has 25 heavy (non-hydrogen) atoms. The van der Waals surface area contributed by atoms with Crippen LogP contribution in [-0.2, 0) is 11.3 Å². The van der Waals surface area contributed by atoms with E-state index in [1.807, 2.05) is 26.8 Å². The molecule has 0 atom stereocenters. The maximum Gasteiger partial charge on any atom is 0.490 e. The van der Waals surface area contributed by atoms with E-state index in [0.29, 0.717) is 19.6 Å². The monoisotopic (exact) mass is 347 g/mol. The van der Waals surface area contributed by atoms with Crippen molar-refractivity contribution in [3.8, 4) is 5.75 Å². The Hall–Kier alpha value is -2.97. The van der Waals surface area contributed by atoms with Crippen LogP contribution in [0.2, 0.25) is 0 Å². The smallest absolute Gasteiger partial charge is 0.490 e. The lowest BCUT2D eigenvalue weighted by molar-refractivity contribution is -0.394. The Morgan fingerprint density at radius 2 is 2.12 bits per heavy atom. The van der Waals surface area contributed by atoms with Crippen LogP contribution in [0.3, 0.4) is 0 Å². The summed E-state index contributed by atoms with van der Waals surface area (Å²) < 4.78 is 6.90. The van der Waals surface area contributed by atoms with E-state index in [4.69, 9.17) is 4.74 Å². The number of hydrogen-bond donors (Lipinski definition) is 1. The SMILES string of the molecule is Cc1cc(C)c(C)c(OCCCNC(=O)Cn2cnc([N+](=O)[O-])n2)c1. The molecule has 0 unspecified atom stereocenters. The fourth-order valence-corrected chi connectivity index (χ4v) is 2.28. The molecule has 0 spiro atoms. The maximum atomic E-state index is 11.8. The molecule has 0 aliphatic carbocycles. The highest BCUT2D eigenvalue weighted by atomic mass is 16.6. The van der Waals surface area contributed by atoms with Gasteiger partial charge in [-0.3, -0.25) is 4.79 Å². The molecule has 0 radical (unpaired) electrons. The fraction of sp³-hybridized carbons (Fsp3) is 0.438. The van der Waals surface area contributed by atoms with Gasteiger partial charge in [0.1, 0.15) is 12.3 Å². The number of benzene rings is 1. The summed E-state index contributed by atoms with van der Waals surface area (Å²) in [6.45, 7) is 6.90. The van der Waals surface area contributed by atoms with Crippen molar-refractivity contribution in [3.63, 3.8) is 0 Å². The molecule has 2 rings (SSSR count). The first-order valence-electron chi connectivity index (χ1n) is 7.88. The van der Waals surface area contributed by atoms with Crippen LogP contribution >= 0.6 is 0 Å². The Morgan fingerprint density at radius 1 is 1.36 bits per heavy atom. The van der Waals surface area contributed by atoms with Gasteiger partial charge in [0.05, 0.1) is 6.61 Å². The average molecular weight is 347 g/mol. The van der Waals surface area contributed by atoms with Gasteiger partial charge in [0.15, 0.2) is 0 Å². The zero-order valence-electron chi connectivity index (χ0n) is 14.5. The van der Waals surface area contributed by atoms with Crippen LogP contribution in [0.5, 0.6) is 5.75 Å². The summed E-state index contributed by atoms with van der Waals surface area (Å²) in [5.74, 6) is 0.0474. The molecule has 1 amide bonds. The second-order valence-electron chi connectivity index (χ2n) is 5.76. The molecule has 0 fully saturated rings. The van der Waals surface area contributed by atoms with E-state index in [1.165, 1.54) is 5.56 Å². The fourth-order valence-electron chi connectivity index (χ4n) is 2.28. The number of aryl methyl sites for hydroxylation is 2. The number of nitro groups is 1. The Balaban J connectivity index is 1.70. The second-order valence-corrected chi connectivity index (χ2v) is 5.76. The molecular formula is C16H21N5O4. The van der Waals surface area contributed by atoms with Crippen LogP contribution < -0.4 is 10.1 Å². The van der Waals surface area contributed by atoms with Crippen LogP contribution in [0, 0.1) is 30.9 Å².